The minimum Gasteiger partial charge on any atom is -0.361 e. The highest BCUT2D eigenvalue weighted by Crippen LogP contribution is 2.30. The second-order valence-corrected chi connectivity index (χ2v) is 17.4. The number of carbonyl (C=O) groups is 2. The second-order valence-electron chi connectivity index (χ2n) is 17.1. The van der Waals surface area contributed by atoms with Gasteiger partial charge in [0, 0.05) is 62.4 Å². The van der Waals surface area contributed by atoms with Crippen LogP contribution in [0, 0.1) is 13.8 Å². The SMILES string of the molecule is Cc1cc(Cn2c(=O)c3c(n(C)c2=O)N=CC3)no1.Cc1cc(Cn2c(=O)c3c(ncn3CC(=O)Nc3cccc(-c4ccc(C(F)(F)F)nc4)n3)n(C)c2=O)no1.O=C(CCl)Nc1cccc(-c2ccc(C(F)(F)F)nc2)n1. The van der Waals surface area contributed by atoms with Crippen LogP contribution in [0.2, 0.25) is 0 Å². The minimum atomic E-state index is -4.57. The van der Waals surface area contributed by atoms with Crippen molar-refractivity contribution in [1.29, 1.82) is 0 Å². The van der Waals surface area contributed by atoms with Gasteiger partial charge in [0.1, 0.15) is 64.2 Å². The first-order valence-electron chi connectivity index (χ1n) is 23.0. The number of pyridine rings is 4. The van der Waals surface area contributed by atoms with Crippen LogP contribution in [-0.4, -0.2) is 82.0 Å². The number of halogens is 7. The van der Waals surface area contributed by atoms with Crippen LogP contribution in [0.4, 0.5) is 43.8 Å². The van der Waals surface area contributed by atoms with E-state index in [1.165, 1.54) is 45.3 Å². The predicted molar refractivity (Wildman–Crippen MR) is 271 cm³/mol. The van der Waals surface area contributed by atoms with Gasteiger partial charge in [0.25, 0.3) is 11.1 Å². The lowest BCUT2D eigenvalue weighted by atomic mass is 10.2. The van der Waals surface area contributed by atoms with E-state index in [0.717, 1.165) is 33.7 Å². The van der Waals surface area contributed by atoms with Gasteiger partial charge in [0.05, 0.1) is 36.4 Å². The number of aromatic nitrogens is 12. The van der Waals surface area contributed by atoms with Crippen LogP contribution < -0.4 is 33.1 Å². The molecular formula is C49H40ClF6N15O8. The molecule has 23 nitrogen and oxygen atoms in total. The van der Waals surface area contributed by atoms with Gasteiger partial charge in [-0.3, -0.25) is 47.4 Å². The third-order valence-corrected chi connectivity index (χ3v) is 11.6. The number of imidazole rings is 1. The summed E-state index contributed by atoms with van der Waals surface area (Å²) < 4.78 is 91.6. The third kappa shape index (κ3) is 12.8. The Morgan fingerprint density at radius 1 is 0.671 bits per heavy atom. The molecule has 0 aliphatic carbocycles. The predicted octanol–water partition coefficient (Wildman–Crippen LogP) is 5.85. The van der Waals surface area contributed by atoms with Gasteiger partial charge in [-0.15, -0.1) is 11.6 Å². The molecule has 10 heterocycles. The van der Waals surface area contributed by atoms with E-state index >= 15 is 0 Å². The fourth-order valence-electron chi connectivity index (χ4n) is 7.69. The summed E-state index contributed by atoms with van der Waals surface area (Å²) in [5, 5.41) is 12.7. The smallest absolute Gasteiger partial charge is 0.361 e. The van der Waals surface area contributed by atoms with Crippen LogP contribution >= 0.6 is 11.6 Å². The van der Waals surface area contributed by atoms with Gasteiger partial charge in [-0.1, -0.05) is 22.4 Å². The van der Waals surface area contributed by atoms with Crippen LogP contribution in [0.1, 0.15) is 39.9 Å². The van der Waals surface area contributed by atoms with Crippen molar-refractivity contribution >= 4 is 58.2 Å². The second kappa shape index (κ2) is 22.9. The number of carbonyl (C=O) groups excluding carboxylic acids is 2. The van der Waals surface area contributed by atoms with Crippen LogP contribution in [0.15, 0.2) is 125 Å². The number of hydrogen-bond acceptors (Lipinski definition) is 16. The number of aliphatic imine (C=N–C) groups is 1. The Kier molecular flexibility index (Phi) is 16.1. The summed E-state index contributed by atoms with van der Waals surface area (Å²) in [7, 11) is 3.06. The standard InChI is InChI=1S/C24H19F3N8O4.C13H9ClF3N3O.C12H12N4O3/c1-13-8-15(32-39-13)10-35-22(37)20-21(33(2)23(35)38)29-12-34(20)11-19(36)31-18-5-3-4-16(30-18)14-6-7-17(28-9-14)24(25,26)27;14-6-12(21)20-11-3-1-2-9(19-11)8-4-5-10(18-7-8)13(15,16)17;1-7-5-8(14-19-7)6-16-11(17)9-3-4-13-10(9)15(2)12(16)18/h3-9,12H,10-11H2,1-2H3,(H,30,31,36);1-5,7H,6H2,(H,19,20,21);4-5H,3,6H2,1-2H3. The summed E-state index contributed by atoms with van der Waals surface area (Å²) in [6.45, 7) is 3.08. The van der Waals surface area contributed by atoms with Gasteiger partial charge >= 0.3 is 23.7 Å². The number of rotatable bonds is 11. The minimum absolute atomic E-state index is 0.0324. The van der Waals surface area contributed by atoms with Crippen molar-refractivity contribution in [2.45, 2.75) is 52.3 Å². The van der Waals surface area contributed by atoms with Gasteiger partial charge in [-0.25, -0.2) is 29.5 Å². The van der Waals surface area contributed by atoms with E-state index in [-0.39, 0.29) is 53.9 Å². The van der Waals surface area contributed by atoms with E-state index in [2.05, 4.69) is 50.9 Å². The molecule has 1 aliphatic heterocycles. The molecule has 9 aromatic heterocycles. The molecule has 9 aromatic rings. The molecule has 0 spiro atoms. The molecule has 0 atom stereocenters. The summed E-state index contributed by atoms with van der Waals surface area (Å²) in [4.78, 5) is 97.8. The number of amides is 2. The van der Waals surface area contributed by atoms with E-state index < -0.39 is 52.5 Å². The highest BCUT2D eigenvalue weighted by molar-refractivity contribution is 6.29. The number of nitrogens with one attached hydrogen (secondary N) is 2. The summed E-state index contributed by atoms with van der Waals surface area (Å²) in [5.74, 6) is 0.805. The molecule has 0 fully saturated rings. The average molecular weight is 1120 g/mol. The number of aryl methyl sites for hydroxylation is 3. The molecular weight excluding hydrogens is 1080 g/mol. The number of alkyl halides is 7. The Morgan fingerprint density at radius 2 is 1.18 bits per heavy atom. The molecule has 10 rings (SSSR count). The zero-order valence-electron chi connectivity index (χ0n) is 41.5. The van der Waals surface area contributed by atoms with E-state index in [1.807, 2.05) is 0 Å². The summed E-state index contributed by atoms with van der Waals surface area (Å²) in [6, 6.07) is 16.9. The van der Waals surface area contributed by atoms with Crippen LogP contribution in [0.3, 0.4) is 0 Å². The van der Waals surface area contributed by atoms with Gasteiger partial charge in [0.2, 0.25) is 11.8 Å². The third-order valence-electron chi connectivity index (χ3n) is 11.4. The molecule has 79 heavy (non-hydrogen) atoms. The topological polar surface area (TPSA) is 280 Å². The Labute approximate surface area is 443 Å². The molecule has 0 saturated heterocycles. The number of anilines is 2. The maximum absolute atomic E-state index is 13.2. The van der Waals surface area contributed by atoms with Crippen LogP contribution in [0.25, 0.3) is 33.7 Å². The molecule has 0 aromatic carbocycles. The first-order chi connectivity index (χ1) is 37.5. The van der Waals surface area contributed by atoms with Crippen molar-refractivity contribution in [2.24, 2.45) is 19.1 Å². The average Bonchev–Trinajstić information content (AvgIpc) is 4.37. The fraction of sp³-hybridized carbons (Fsp3) is 0.224. The number of nitrogens with zero attached hydrogens (tertiary/aromatic N) is 13. The maximum Gasteiger partial charge on any atom is 0.433 e. The first kappa shape index (κ1) is 55.6. The molecule has 408 valence electrons. The normalized spacial score (nSPS) is 11.9. The van der Waals surface area contributed by atoms with Gasteiger partial charge in [-0.05, 0) is 62.4 Å². The van der Waals surface area contributed by atoms with Crippen molar-refractivity contribution in [2.75, 3.05) is 16.5 Å². The van der Waals surface area contributed by atoms with E-state index in [4.69, 9.17) is 20.6 Å². The molecule has 0 bridgehead atoms. The van der Waals surface area contributed by atoms with Crippen molar-refractivity contribution < 1.29 is 45.0 Å². The maximum atomic E-state index is 13.2. The van der Waals surface area contributed by atoms with Crippen molar-refractivity contribution in [1.82, 2.24) is 58.1 Å². The lowest BCUT2D eigenvalue weighted by molar-refractivity contribution is -0.141. The zero-order valence-corrected chi connectivity index (χ0v) is 42.3. The van der Waals surface area contributed by atoms with E-state index in [0.29, 0.717) is 63.2 Å². The quantitative estimate of drug-likeness (QED) is 0.114. The molecule has 30 heteroatoms. The van der Waals surface area contributed by atoms with Crippen molar-refractivity contribution in [3.8, 4) is 22.5 Å². The Bertz CT molecular complexity index is 4030. The molecule has 2 amide bonds. The summed E-state index contributed by atoms with van der Waals surface area (Å²) in [6.07, 6.45) is -3.56. The Balaban J connectivity index is 0.000000172. The number of hydrogen-bond donors (Lipinski definition) is 2. The lowest BCUT2D eigenvalue weighted by Gasteiger charge is -2.10. The van der Waals surface area contributed by atoms with E-state index in [1.54, 1.807) is 69.6 Å². The van der Waals surface area contributed by atoms with Crippen molar-refractivity contribution in [3.63, 3.8) is 0 Å². The fourth-order valence-corrected chi connectivity index (χ4v) is 7.75. The Morgan fingerprint density at radius 3 is 1.65 bits per heavy atom. The molecule has 0 radical (unpaired) electrons. The van der Waals surface area contributed by atoms with Crippen LogP contribution in [-0.2, 0) is 62.1 Å². The highest BCUT2D eigenvalue weighted by atomic mass is 35.5. The van der Waals surface area contributed by atoms with Gasteiger partial charge < -0.3 is 24.2 Å². The zero-order chi connectivity index (χ0) is 56.9. The van der Waals surface area contributed by atoms with Crippen LogP contribution in [0.5, 0.6) is 0 Å². The lowest BCUT2D eigenvalue weighted by Crippen LogP contribution is -2.40. The largest absolute Gasteiger partial charge is 0.433 e. The molecule has 0 saturated carbocycles. The van der Waals surface area contributed by atoms with Crippen molar-refractivity contribution in [3.05, 3.63) is 173 Å². The summed E-state index contributed by atoms with van der Waals surface area (Å²) in [5.41, 5.74) is -0.962. The van der Waals surface area contributed by atoms with E-state index in [9.17, 15) is 55.1 Å². The molecule has 1 aliphatic rings. The molecule has 0 unspecified atom stereocenters. The molecule has 2 N–H and O–H groups in total. The highest BCUT2D eigenvalue weighted by Gasteiger charge is 2.33. The number of fused-ring (bicyclic) bond motifs is 2. The Hall–Kier alpha value is -9.67. The first-order valence-corrected chi connectivity index (χ1v) is 23.5. The van der Waals surface area contributed by atoms with Gasteiger partial charge in [0.15, 0.2) is 11.2 Å². The summed E-state index contributed by atoms with van der Waals surface area (Å²) >= 11 is 5.36. The monoisotopic (exact) mass is 1120 g/mol. The van der Waals surface area contributed by atoms with Gasteiger partial charge in [-0.2, -0.15) is 26.3 Å².